The molecule has 0 radical (unpaired) electrons. The molecule has 1 aliphatic heterocycles. The third kappa shape index (κ3) is 1.89. The van der Waals surface area contributed by atoms with Crippen molar-refractivity contribution in [1.29, 1.82) is 0 Å². The maximum absolute atomic E-state index is 9.13. The number of hydrogen-bond donors (Lipinski definition) is 1. The maximum Gasteiger partial charge on any atom is 0.163 e. The molecule has 0 aliphatic carbocycles. The summed E-state index contributed by atoms with van der Waals surface area (Å²) in [5, 5.41) is 9.13. The molecular weight excluding hydrogens is 180 g/mol. The third-order valence-electron chi connectivity index (χ3n) is 2.27. The summed E-state index contributed by atoms with van der Waals surface area (Å²) in [5.74, 6) is -0.227. The van der Waals surface area contributed by atoms with E-state index in [1.165, 1.54) is 0 Å². The molecule has 0 amide bonds. The Morgan fingerprint density at radius 1 is 1.29 bits per heavy atom. The minimum absolute atomic E-state index is 0.0226. The zero-order valence-electron chi connectivity index (χ0n) is 8.36. The molecule has 0 aromatic heterocycles. The first-order chi connectivity index (χ1) is 6.57. The minimum Gasteiger partial charge on any atom is -0.508 e. The van der Waals surface area contributed by atoms with Crippen molar-refractivity contribution in [3.05, 3.63) is 29.8 Å². The van der Waals surface area contributed by atoms with Crippen LogP contribution in [0, 0.1) is 0 Å². The molecule has 1 aliphatic rings. The van der Waals surface area contributed by atoms with Crippen LogP contribution in [0.1, 0.15) is 25.5 Å². The normalized spacial score (nSPS) is 25.1. The fourth-order valence-corrected chi connectivity index (χ4v) is 1.54. The molecule has 1 saturated heterocycles. The van der Waals surface area contributed by atoms with Gasteiger partial charge in [0.1, 0.15) is 11.9 Å². The standard InChI is InChI=1S/C11H14O3/c1-11(2)13-7-10(14-11)8-3-5-9(12)6-4-8/h3-6,10,12H,7H2,1-2H3. The quantitative estimate of drug-likeness (QED) is 0.745. The summed E-state index contributed by atoms with van der Waals surface area (Å²) in [6.45, 7) is 4.36. The lowest BCUT2D eigenvalue weighted by Gasteiger charge is -2.17. The SMILES string of the molecule is CC1(C)OCC(c2ccc(O)cc2)O1. The van der Waals surface area contributed by atoms with Gasteiger partial charge in [0.05, 0.1) is 6.61 Å². The number of phenolic OH excluding ortho intramolecular Hbond substituents is 1. The van der Waals surface area contributed by atoms with Crippen LogP contribution in [0.25, 0.3) is 0 Å². The predicted octanol–water partition coefficient (Wildman–Crippen LogP) is 2.22. The first kappa shape index (κ1) is 9.49. The molecule has 1 N–H and O–H groups in total. The van der Waals surface area contributed by atoms with E-state index in [9.17, 15) is 0 Å². The molecule has 0 bridgehead atoms. The number of phenols is 1. The molecule has 3 heteroatoms. The van der Waals surface area contributed by atoms with Crippen LogP contribution >= 0.6 is 0 Å². The van der Waals surface area contributed by atoms with E-state index in [0.717, 1.165) is 5.56 Å². The lowest BCUT2D eigenvalue weighted by Crippen LogP contribution is -2.19. The van der Waals surface area contributed by atoms with Crippen molar-refractivity contribution in [2.75, 3.05) is 6.61 Å². The van der Waals surface area contributed by atoms with Crippen LogP contribution < -0.4 is 0 Å². The second kappa shape index (κ2) is 3.26. The Balaban J connectivity index is 2.14. The van der Waals surface area contributed by atoms with Gasteiger partial charge in [-0.25, -0.2) is 0 Å². The second-order valence-corrected chi connectivity index (χ2v) is 3.91. The van der Waals surface area contributed by atoms with Crippen molar-refractivity contribution in [2.45, 2.75) is 25.7 Å². The monoisotopic (exact) mass is 194 g/mol. The van der Waals surface area contributed by atoms with Gasteiger partial charge in [-0.05, 0) is 31.5 Å². The van der Waals surface area contributed by atoms with E-state index in [4.69, 9.17) is 14.6 Å². The number of ether oxygens (including phenoxy) is 2. The van der Waals surface area contributed by atoms with Gasteiger partial charge in [-0.1, -0.05) is 12.1 Å². The number of aromatic hydroxyl groups is 1. The highest BCUT2D eigenvalue weighted by atomic mass is 16.7. The molecule has 0 saturated carbocycles. The van der Waals surface area contributed by atoms with E-state index in [-0.39, 0.29) is 11.9 Å². The fourth-order valence-electron chi connectivity index (χ4n) is 1.54. The van der Waals surface area contributed by atoms with Crippen molar-refractivity contribution in [1.82, 2.24) is 0 Å². The molecule has 0 spiro atoms. The molecule has 2 rings (SSSR count). The molecule has 1 atom stereocenters. The average molecular weight is 194 g/mol. The first-order valence-electron chi connectivity index (χ1n) is 4.67. The van der Waals surface area contributed by atoms with Gasteiger partial charge >= 0.3 is 0 Å². The summed E-state index contributed by atoms with van der Waals surface area (Å²) < 4.78 is 11.1. The van der Waals surface area contributed by atoms with Gasteiger partial charge in [0.2, 0.25) is 0 Å². The van der Waals surface area contributed by atoms with E-state index < -0.39 is 5.79 Å². The molecule has 1 fully saturated rings. The largest absolute Gasteiger partial charge is 0.508 e. The van der Waals surface area contributed by atoms with Crippen molar-refractivity contribution < 1.29 is 14.6 Å². The molecule has 14 heavy (non-hydrogen) atoms. The van der Waals surface area contributed by atoms with Gasteiger partial charge < -0.3 is 14.6 Å². The molecular formula is C11H14O3. The summed E-state index contributed by atoms with van der Waals surface area (Å²) in [6.07, 6.45) is -0.0226. The lowest BCUT2D eigenvalue weighted by molar-refractivity contribution is -0.139. The predicted molar refractivity (Wildman–Crippen MR) is 52.0 cm³/mol. The van der Waals surface area contributed by atoms with Crippen LogP contribution in [0.3, 0.4) is 0 Å². The van der Waals surface area contributed by atoms with Gasteiger partial charge in [0, 0.05) is 0 Å². The third-order valence-corrected chi connectivity index (χ3v) is 2.27. The summed E-state index contributed by atoms with van der Waals surface area (Å²) >= 11 is 0. The highest BCUT2D eigenvalue weighted by molar-refractivity contribution is 5.27. The molecule has 1 aromatic rings. The summed E-state index contributed by atoms with van der Waals surface area (Å²) in [4.78, 5) is 0. The average Bonchev–Trinajstić information content (AvgIpc) is 2.47. The van der Waals surface area contributed by atoms with Crippen LogP contribution in [0.4, 0.5) is 0 Å². The van der Waals surface area contributed by atoms with Gasteiger partial charge in [-0.15, -0.1) is 0 Å². The topological polar surface area (TPSA) is 38.7 Å². The molecule has 1 unspecified atom stereocenters. The Kier molecular flexibility index (Phi) is 2.21. The van der Waals surface area contributed by atoms with Crippen LogP contribution in [0.5, 0.6) is 5.75 Å². The van der Waals surface area contributed by atoms with E-state index in [2.05, 4.69) is 0 Å². The van der Waals surface area contributed by atoms with Gasteiger partial charge in [-0.2, -0.15) is 0 Å². The number of hydrogen-bond acceptors (Lipinski definition) is 3. The van der Waals surface area contributed by atoms with Crippen LogP contribution in [-0.2, 0) is 9.47 Å². The zero-order chi connectivity index (χ0) is 10.2. The molecule has 3 nitrogen and oxygen atoms in total. The Hall–Kier alpha value is -1.06. The maximum atomic E-state index is 9.13. The van der Waals surface area contributed by atoms with Crippen LogP contribution in [-0.4, -0.2) is 17.5 Å². The highest BCUT2D eigenvalue weighted by Gasteiger charge is 2.33. The fraction of sp³-hybridized carbons (Fsp3) is 0.455. The lowest BCUT2D eigenvalue weighted by atomic mass is 10.1. The highest BCUT2D eigenvalue weighted by Crippen LogP contribution is 2.33. The van der Waals surface area contributed by atoms with Crippen LogP contribution in [0.2, 0.25) is 0 Å². The Labute approximate surface area is 83.3 Å². The minimum atomic E-state index is -0.497. The molecule has 1 heterocycles. The molecule has 76 valence electrons. The summed E-state index contributed by atoms with van der Waals surface area (Å²) in [7, 11) is 0. The van der Waals surface area contributed by atoms with Crippen LogP contribution in [0.15, 0.2) is 24.3 Å². The van der Waals surface area contributed by atoms with E-state index >= 15 is 0 Å². The summed E-state index contributed by atoms with van der Waals surface area (Å²) in [5.41, 5.74) is 1.04. The Morgan fingerprint density at radius 2 is 1.93 bits per heavy atom. The van der Waals surface area contributed by atoms with E-state index in [1.807, 2.05) is 26.0 Å². The van der Waals surface area contributed by atoms with Crippen molar-refractivity contribution >= 4 is 0 Å². The van der Waals surface area contributed by atoms with Gasteiger partial charge in [-0.3, -0.25) is 0 Å². The smallest absolute Gasteiger partial charge is 0.163 e. The molecule has 1 aromatic carbocycles. The van der Waals surface area contributed by atoms with Crippen molar-refractivity contribution in [3.8, 4) is 5.75 Å². The Bertz CT molecular complexity index is 316. The first-order valence-corrected chi connectivity index (χ1v) is 4.67. The number of rotatable bonds is 1. The summed E-state index contributed by atoms with van der Waals surface area (Å²) in [6, 6.07) is 7.02. The number of benzene rings is 1. The van der Waals surface area contributed by atoms with Gasteiger partial charge in [0.25, 0.3) is 0 Å². The second-order valence-electron chi connectivity index (χ2n) is 3.91. The van der Waals surface area contributed by atoms with Crippen molar-refractivity contribution in [2.24, 2.45) is 0 Å². The van der Waals surface area contributed by atoms with Gasteiger partial charge in [0.15, 0.2) is 5.79 Å². The zero-order valence-corrected chi connectivity index (χ0v) is 8.36. The Morgan fingerprint density at radius 3 is 2.43 bits per heavy atom. The van der Waals surface area contributed by atoms with E-state index in [1.54, 1.807) is 12.1 Å². The van der Waals surface area contributed by atoms with Crippen molar-refractivity contribution in [3.63, 3.8) is 0 Å². The van der Waals surface area contributed by atoms with E-state index in [0.29, 0.717) is 6.61 Å².